The minimum atomic E-state index is -0.702. The average Bonchev–Trinajstić information content (AvgIpc) is 2.83. The van der Waals surface area contributed by atoms with Crippen molar-refractivity contribution in [1.82, 2.24) is 10.2 Å². The summed E-state index contributed by atoms with van der Waals surface area (Å²) >= 11 is 5.98. The third-order valence-electron chi connectivity index (χ3n) is 5.36. The van der Waals surface area contributed by atoms with Crippen LogP contribution in [0.1, 0.15) is 39.2 Å². The molecule has 2 atom stereocenters. The fourth-order valence-corrected chi connectivity index (χ4v) is 3.40. The fraction of sp³-hybridized carbons (Fsp3) is 0.417. The molecular formula is C24H30ClN3O6. The Morgan fingerprint density at radius 3 is 2.38 bits per heavy atom. The van der Waals surface area contributed by atoms with Gasteiger partial charge in [0.2, 0.25) is 11.7 Å². The Labute approximate surface area is 204 Å². The molecule has 2 rings (SSSR count). The number of carbonyl (C=O) groups excluding carboxylic acids is 2. The highest BCUT2D eigenvalue weighted by molar-refractivity contribution is 6.30. The van der Waals surface area contributed by atoms with E-state index in [0.29, 0.717) is 11.4 Å². The van der Waals surface area contributed by atoms with Crippen molar-refractivity contribution in [2.75, 3.05) is 13.7 Å². The number of hydrogen-bond acceptors (Lipinski definition) is 6. The molecule has 34 heavy (non-hydrogen) atoms. The van der Waals surface area contributed by atoms with Gasteiger partial charge in [0.25, 0.3) is 5.91 Å². The normalized spacial score (nSPS) is 12.4. The zero-order valence-corrected chi connectivity index (χ0v) is 20.5. The van der Waals surface area contributed by atoms with E-state index in [0.717, 1.165) is 12.0 Å². The van der Waals surface area contributed by atoms with Crippen LogP contribution in [0.25, 0.3) is 0 Å². The molecule has 0 saturated carbocycles. The van der Waals surface area contributed by atoms with Crippen molar-refractivity contribution in [2.24, 2.45) is 0 Å². The molecule has 2 amide bonds. The van der Waals surface area contributed by atoms with E-state index in [9.17, 15) is 19.7 Å². The molecule has 0 heterocycles. The third-order valence-corrected chi connectivity index (χ3v) is 5.62. The zero-order chi connectivity index (χ0) is 25.3. The summed E-state index contributed by atoms with van der Waals surface area (Å²) in [6, 6.07) is 10.3. The number of benzene rings is 2. The molecule has 0 aliphatic heterocycles. The molecule has 0 saturated heterocycles. The van der Waals surface area contributed by atoms with Crippen molar-refractivity contribution in [2.45, 2.75) is 52.2 Å². The minimum Gasteiger partial charge on any atom is -0.490 e. The van der Waals surface area contributed by atoms with Crippen LogP contribution in [0.4, 0.5) is 5.69 Å². The summed E-state index contributed by atoms with van der Waals surface area (Å²) in [5.74, 6) is -0.388. The van der Waals surface area contributed by atoms with E-state index in [1.165, 1.54) is 30.2 Å². The predicted octanol–water partition coefficient (Wildman–Crippen LogP) is 4.36. The Bertz CT molecular complexity index is 999. The molecule has 2 aromatic rings. The Kier molecular flexibility index (Phi) is 10.1. The van der Waals surface area contributed by atoms with Gasteiger partial charge in [-0.15, -0.1) is 0 Å². The lowest BCUT2D eigenvalue weighted by atomic mass is 10.1. The topological polar surface area (TPSA) is 111 Å². The third kappa shape index (κ3) is 7.34. The standard InChI is InChI=1S/C24H30ClN3O6/c1-5-16(3)26-24(30)20(6-2)27(14-17-7-9-18(25)10-8-17)23(29)15-34-19-11-12-21(28(31)32)22(13-19)33-4/h7-13,16,20H,5-6,14-15H2,1-4H3,(H,26,30)/t16-,20-/m1/s1. The largest absolute Gasteiger partial charge is 0.490 e. The molecular weight excluding hydrogens is 462 g/mol. The molecule has 0 aliphatic carbocycles. The molecule has 0 unspecified atom stereocenters. The van der Waals surface area contributed by atoms with Crippen molar-refractivity contribution in [1.29, 1.82) is 0 Å². The quantitative estimate of drug-likeness (QED) is 0.349. The summed E-state index contributed by atoms with van der Waals surface area (Å²) in [5, 5.41) is 14.6. The maximum absolute atomic E-state index is 13.2. The Morgan fingerprint density at radius 1 is 1.15 bits per heavy atom. The summed E-state index contributed by atoms with van der Waals surface area (Å²) < 4.78 is 10.7. The van der Waals surface area contributed by atoms with Crippen LogP contribution in [0.5, 0.6) is 11.5 Å². The van der Waals surface area contributed by atoms with E-state index in [1.807, 2.05) is 20.8 Å². The van der Waals surface area contributed by atoms with E-state index >= 15 is 0 Å². The van der Waals surface area contributed by atoms with Gasteiger partial charge in [0.1, 0.15) is 11.8 Å². The highest BCUT2D eigenvalue weighted by atomic mass is 35.5. The number of halogens is 1. The van der Waals surface area contributed by atoms with Crippen molar-refractivity contribution >= 4 is 29.1 Å². The number of carbonyl (C=O) groups is 2. The molecule has 0 radical (unpaired) electrons. The molecule has 0 fully saturated rings. The van der Waals surface area contributed by atoms with E-state index in [2.05, 4.69) is 5.32 Å². The van der Waals surface area contributed by atoms with Gasteiger partial charge in [-0.05, 0) is 43.5 Å². The van der Waals surface area contributed by atoms with E-state index in [-0.39, 0.29) is 42.3 Å². The summed E-state index contributed by atoms with van der Waals surface area (Å²) in [4.78, 5) is 38.2. The highest BCUT2D eigenvalue weighted by Gasteiger charge is 2.29. The second kappa shape index (κ2) is 12.8. The number of ether oxygens (including phenoxy) is 2. The first kappa shape index (κ1) is 26.9. The van der Waals surface area contributed by atoms with Gasteiger partial charge in [-0.25, -0.2) is 0 Å². The highest BCUT2D eigenvalue weighted by Crippen LogP contribution is 2.30. The number of amides is 2. The van der Waals surface area contributed by atoms with Gasteiger partial charge in [0, 0.05) is 29.7 Å². The number of nitrogens with zero attached hydrogens (tertiary/aromatic N) is 2. The van der Waals surface area contributed by atoms with Gasteiger partial charge in [-0.3, -0.25) is 19.7 Å². The maximum atomic E-state index is 13.2. The molecule has 0 aliphatic rings. The number of hydrogen-bond donors (Lipinski definition) is 1. The van der Waals surface area contributed by atoms with Crippen LogP contribution in [0.3, 0.4) is 0 Å². The first-order valence-electron chi connectivity index (χ1n) is 11.0. The zero-order valence-electron chi connectivity index (χ0n) is 19.7. The minimum absolute atomic E-state index is 0.0207. The summed E-state index contributed by atoms with van der Waals surface area (Å²) in [5.41, 5.74) is 0.600. The first-order valence-corrected chi connectivity index (χ1v) is 11.4. The Balaban J connectivity index is 2.24. The van der Waals surface area contributed by atoms with Crippen LogP contribution >= 0.6 is 11.6 Å². The van der Waals surface area contributed by atoms with Crippen LogP contribution in [-0.2, 0) is 16.1 Å². The molecule has 9 nitrogen and oxygen atoms in total. The van der Waals surface area contributed by atoms with Gasteiger partial charge in [-0.1, -0.05) is 37.6 Å². The molecule has 184 valence electrons. The molecule has 10 heteroatoms. The molecule has 0 aromatic heterocycles. The lowest BCUT2D eigenvalue weighted by molar-refractivity contribution is -0.385. The Morgan fingerprint density at radius 2 is 1.82 bits per heavy atom. The van der Waals surface area contributed by atoms with Crippen LogP contribution in [0.15, 0.2) is 42.5 Å². The second-order valence-corrected chi connectivity index (χ2v) is 8.21. The van der Waals surface area contributed by atoms with Crippen LogP contribution in [0.2, 0.25) is 5.02 Å². The van der Waals surface area contributed by atoms with E-state index in [4.69, 9.17) is 21.1 Å². The van der Waals surface area contributed by atoms with E-state index < -0.39 is 16.9 Å². The van der Waals surface area contributed by atoms with Crippen molar-refractivity contribution in [3.63, 3.8) is 0 Å². The SMILES string of the molecule is CC[C@@H](C)NC(=O)[C@@H](CC)N(Cc1ccc(Cl)cc1)C(=O)COc1ccc([N+](=O)[O-])c(OC)c1. The summed E-state index contributed by atoms with van der Waals surface area (Å²) in [7, 11) is 1.31. The molecule has 2 aromatic carbocycles. The number of nitrogens with one attached hydrogen (secondary N) is 1. The molecule has 0 spiro atoms. The monoisotopic (exact) mass is 491 g/mol. The van der Waals surface area contributed by atoms with Gasteiger partial charge in [0.15, 0.2) is 6.61 Å². The lowest BCUT2D eigenvalue weighted by Gasteiger charge is -2.31. The number of nitro groups is 1. The van der Waals surface area contributed by atoms with Gasteiger partial charge in [-0.2, -0.15) is 0 Å². The van der Waals surface area contributed by atoms with Crippen LogP contribution < -0.4 is 14.8 Å². The van der Waals surface area contributed by atoms with Crippen molar-refractivity contribution in [3.05, 3.63) is 63.2 Å². The second-order valence-electron chi connectivity index (χ2n) is 7.77. The Hall–Kier alpha value is -3.33. The summed E-state index contributed by atoms with van der Waals surface area (Å²) in [6.07, 6.45) is 1.17. The number of nitro benzene ring substituents is 1. The maximum Gasteiger partial charge on any atom is 0.311 e. The predicted molar refractivity (Wildman–Crippen MR) is 129 cm³/mol. The summed E-state index contributed by atoms with van der Waals surface area (Å²) in [6.45, 7) is 5.54. The average molecular weight is 492 g/mol. The molecule has 0 bridgehead atoms. The first-order chi connectivity index (χ1) is 16.2. The van der Waals surface area contributed by atoms with Gasteiger partial charge in [0.05, 0.1) is 12.0 Å². The van der Waals surface area contributed by atoms with Crippen LogP contribution in [0, 0.1) is 10.1 Å². The molecule has 1 N–H and O–H groups in total. The fourth-order valence-electron chi connectivity index (χ4n) is 3.27. The smallest absolute Gasteiger partial charge is 0.311 e. The van der Waals surface area contributed by atoms with Gasteiger partial charge >= 0.3 is 5.69 Å². The number of methoxy groups -OCH3 is 1. The van der Waals surface area contributed by atoms with Gasteiger partial charge < -0.3 is 19.7 Å². The van der Waals surface area contributed by atoms with Crippen molar-refractivity contribution in [3.8, 4) is 11.5 Å². The van der Waals surface area contributed by atoms with E-state index in [1.54, 1.807) is 24.3 Å². The number of rotatable bonds is 12. The lowest BCUT2D eigenvalue weighted by Crippen LogP contribution is -2.51. The van der Waals surface area contributed by atoms with Crippen LogP contribution in [-0.4, -0.2) is 47.4 Å². The van der Waals surface area contributed by atoms with Crippen molar-refractivity contribution < 1.29 is 24.0 Å².